The number of rotatable bonds is 0. The van der Waals surface area contributed by atoms with Crippen LogP contribution in [-0.4, -0.2) is 0 Å². The summed E-state index contributed by atoms with van der Waals surface area (Å²) < 4.78 is 0. The first-order valence-electron chi connectivity index (χ1n) is 2.81. The molecule has 0 aliphatic carbocycles. The fourth-order valence-corrected chi connectivity index (χ4v) is 1.31. The zero-order chi connectivity index (χ0) is 5.14. The minimum absolute atomic E-state index is 1.43. The molecule has 0 nitrogen and oxygen atoms in total. The predicted octanol–water partition coefficient (Wildman–Crippen LogP) is 2.31. The molecule has 0 aliphatic heterocycles. The third-order valence-electron chi connectivity index (χ3n) is 1.91. The van der Waals surface area contributed by atoms with Crippen molar-refractivity contribution in [2.75, 3.05) is 0 Å². The van der Waals surface area contributed by atoms with Gasteiger partial charge in [0.05, 0.1) is 0 Å². The van der Waals surface area contributed by atoms with E-state index in [4.69, 9.17) is 0 Å². The molecule has 0 heterocycles. The van der Waals surface area contributed by atoms with Crippen LogP contribution in [0.5, 0.6) is 0 Å². The molecular weight excluding hydrogens is 96.1 g/mol. The Morgan fingerprint density at radius 1 is 0.500 bits per heavy atom. The van der Waals surface area contributed by atoms with E-state index < -0.39 is 0 Å². The van der Waals surface area contributed by atoms with Crippen molar-refractivity contribution < 1.29 is 0 Å². The van der Waals surface area contributed by atoms with Gasteiger partial charge in [-0.3, -0.25) is 0 Å². The Morgan fingerprint density at radius 2 is 0.750 bits per heavy atom. The second kappa shape index (κ2) is 0.655. The highest BCUT2D eigenvalue weighted by Gasteiger charge is 2.07. The Labute approximate surface area is 46.7 Å². The highest BCUT2D eigenvalue weighted by atomic mass is 14.1. The van der Waals surface area contributed by atoms with Gasteiger partial charge in [-0.05, 0) is 45.8 Å². The van der Waals surface area contributed by atoms with Crippen LogP contribution in [0.3, 0.4) is 0 Å². The van der Waals surface area contributed by atoms with Crippen molar-refractivity contribution in [1.29, 1.82) is 0 Å². The average molecular weight is 100 g/mol. The van der Waals surface area contributed by atoms with Crippen LogP contribution >= 0.6 is 0 Å². The normalized spacial score (nSPS) is 13.0. The average Bonchev–Trinajstić information content (AvgIpc) is 1.60. The first-order chi connectivity index (χ1) is 3.93. The zero-order valence-corrected chi connectivity index (χ0v) is 4.31. The third kappa shape index (κ3) is 0.148. The van der Waals surface area contributed by atoms with Gasteiger partial charge in [-0.15, -0.1) is 0 Å². The molecule has 0 amide bonds. The maximum atomic E-state index is 2.24. The smallest absolute Gasteiger partial charge is 0.0171 e. The number of hydrogen-bond donors (Lipinski definition) is 0. The quantitative estimate of drug-likeness (QED) is 0.406. The van der Waals surface area contributed by atoms with Gasteiger partial charge in [0, 0.05) is 0 Å². The van der Waals surface area contributed by atoms with Crippen LogP contribution in [0.2, 0.25) is 0 Å². The monoisotopic (exact) mass is 100 g/mol. The molecule has 0 fully saturated rings. The van der Waals surface area contributed by atoms with Gasteiger partial charge < -0.3 is 0 Å². The summed E-state index contributed by atoms with van der Waals surface area (Å²) in [5, 5.41) is 5.70. The Kier molecular flexibility index (Phi) is 0.252. The van der Waals surface area contributed by atoms with Gasteiger partial charge >= 0.3 is 0 Å². The molecule has 0 saturated heterocycles. The van der Waals surface area contributed by atoms with Crippen molar-refractivity contribution in [1.82, 2.24) is 0 Å². The molecular formula is C8H4. The lowest BCUT2D eigenvalue weighted by atomic mass is 9.92. The van der Waals surface area contributed by atoms with E-state index in [9.17, 15) is 0 Å². The summed E-state index contributed by atoms with van der Waals surface area (Å²) in [4.78, 5) is 0. The molecule has 6 aromatic rings. The summed E-state index contributed by atoms with van der Waals surface area (Å²) in [6.45, 7) is 0. The Balaban J connectivity index is 2.94. The van der Waals surface area contributed by atoms with Gasteiger partial charge in [0.25, 0.3) is 0 Å². The van der Waals surface area contributed by atoms with Crippen LogP contribution in [0.1, 0.15) is 0 Å². The summed E-state index contributed by atoms with van der Waals surface area (Å²) in [6, 6.07) is 8.96. The molecule has 6 aromatic carbocycles. The molecule has 0 heteroatoms. The highest BCUT2D eigenvalue weighted by molar-refractivity contribution is 6.13. The van der Waals surface area contributed by atoms with Crippen LogP contribution < -0.4 is 0 Å². The molecule has 0 radical (unpaired) electrons. The van der Waals surface area contributed by atoms with E-state index in [0.29, 0.717) is 0 Å². The highest BCUT2D eigenvalue weighted by Crippen LogP contribution is 2.34. The first-order valence-corrected chi connectivity index (χ1v) is 2.81. The summed E-state index contributed by atoms with van der Waals surface area (Å²) in [5.74, 6) is 0. The van der Waals surface area contributed by atoms with E-state index in [2.05, 4.69) is 24.3 Å². The van der Waals surface area contributed by atoms with Crippen LogP contribution in [0.25, 0.3) is 21.5 Å². The molecule has 0 atom stereocenters. The van der Waals surface area contributed by atoms with Gasteiger partial charge in [-0.25, -0.2) is 0 Å². The molecule has 4 bridgehead atoms. The maximum Gasteiger partial charge on any atom is -0.0171 e. The second-order valence-corrected chi connectivity index (χ2v) is 2.40. The zero-order valence-electron chi connectivity index (χ0n) is 4.31. The maximum absolute atomic E-state index is 2.24. The van der Waals surface area contributed by atoms with Crippen molar-refractivity contribution in [3.8, 4) is 0 Å². The largest absolute Gasteiger partial charge is 0.0465 e. The molecule has 0 saturated carbocycles. The summed E-state index contributed by atoms with van der Waals surface area (Å²) in [7, 11) is 0. The van der Waals surface area contributed by atoms with E-state index in [1.807, 2.05) is 0 Å². The van der Waals surface area contributed by atoms with E-state index in [-0.39, 0.29) is 0 Å². The van der Waals surface area contributed by atoms with Crippen molar-refractivity contribution in [3.05, 3.63) is 24.3 Å². The fraction of sp³-hybridized carbons (Fsp3) is 0. The van der Waals surface area contributed by atoms with Gasteiger partial charge in [-0.2, -0.15) is 0 Å². The molecule has 0 unspecified atom stereocenters. The fourth-order valence-electron chi connectivity index (χ4n) is 1.31. The lowest BCUT2D eigenvalue weighted by molar-refractivity contribution is 1.81. The second-order valence-electron chi connectivity index (χ2n) is 2.40. The van der Waals surface area contributed by atoms with Gasteiger partial charge in [0.2, 0.25) is 0 Å². The van der Waals surface area contributed by atoms with Gasteiger partial charge in [0.1, 0.15) is 0 Å². The van der Waals surface area contributed by atoms with E-state index >= 15 is 0 Å². The lowest BCUT2D eigenvalue weighted by Gasteiger charge is -2.12. The van der Waals surface area contributed by atoms with Crippen LogP contribution in [0, 0.1) is 0 Å². The van der Waals surface area contributed by atoms with Crippen LogP contribution in [0.15, 0.2) is 24.3 Å². The van der Waals surface area contributed by atoms with Crippen molar-refractivity contribution in [2.24, 2.45) is 0 Å². The Morgan fingerprint density at radius 3 is 0.875 bits per heavy atom. The third-order valence-corrected chi connectivity index (χ3v) is 1.91. The molecule has 0 N–H and O–H groups in total. The SMILES string of the molecule is c1c2cc1c1cc2c1. The minimum atomic E-state index is 1.43. The number of hydrogen-bond acceptors (Lipinski definition) is 0. The molecule has 36 valence electrons. The summed E-state index contributed by atoms with van der Waals surface area (Å²) in [5.41, 5.74) is 0. The van der Waals surface area contributed by atoms with Gasteiger partial charge in [-0.1, -0.05) is 0 Å². The van der Waals surface area contributed by atoms with Crippen molar-refractivity contribution in [3.63, 3.8) is 0 Å². The molecule has 6 rings (SSSR count). The van der Waals surface area contributed by atoms with Crippen molar-refractivity contribution in [2.45, 2.75) is 0 Å². The lowest BCUT2D eigenvalue weighted by Crippen LogP contribution is -1.85. The van der Waals surface area contributed by atoms with Crippen LogP contribution in [-0.2, 0) is 0 Å². The summed E-state index contributed by atoms with van der Waals surface area (Å²) in [6.07, 6.45) is 0. The minimum Gasteiger partial charge on any atom is -0.0465 e. The molecule has 0 spiro atoms. The predicted molar refractivity (Wildman–Crippen MR) is 35.0 cm³/mol. The molecule has 0 aromatic heterocycles. The van der Waals surface area contributed by atoms with Gasteiger partial charge in [0.15, 0.2) is 0 Å². The van der Waals surface area contributed by atoms with E-state index in [0.717, 1.165) is 0 Å². The topological polar surface area (TPSA) is 0 Å². The van der Waals surface area contributed by atoms with Crippen LogP contribution in [0.4, 0.5) is 0 Å². The van der Waals surface area contributed by atoms with E-state index in [1.54, 1.807) is 0 Å². The first kappa shape index (κ1) is 3.08. The molecule has 0 aliphatic rings. The molecule has 8 heavy (non-hydrogen) atoms. The Hall–Kier alpha value is -1.04. The summed E-state index contributed by atoms with van der Waals surface area (Å²) >= 11 is 0. The van der Waals surface area contributed by atoms with Crippen molar-refractivity contribution >= 4 is 21.5 Å². The van der Waals surface area contributed by atoms with E-state index in [1.165, 1.54) is 21.5 Å². The Bertz CT molecular complexity index is 286. The number of benzene rings is 4. The standard InChI is InChI=1S/C8H4/c1-5-2-6(1)8-3-7(5)4-8/h1-4H.